The summed E-state index contributed by atoms with van der Waals surface area (Å²) in [5, 5.41) is 0. The molecule has 4 unspecified atom stereocenters. The van der Waals surface area contributed by atoms with E-state index in [1.54, 1.807) is 6.92 Å². The van der Waals surface area contributed by atoms with Gasteiger partial charge >= 0.3 is 5.97 Å². The van der Waals surface area contributed by atoms with Crippen LogP contribution in [0.2, 0.25) is 0 Å². The van der Waals surface area contributed by atoms with Gasteiger partial charge in [0.05, 0.1) is 6.26 Å². The SMILES string of the molecule is C=C(C)C(=O)OC1CCC(NS(C)(=O)=O)C2CCCCC12. The van der Waals surface area contributed by atoms with Crippen molar-refractivity contribution >= 4 is 16.0 Å². The molecule has 0 saturated heterocycles. The monoisotopic (exact) mass is 315 g/mol. The minimum Gasteiger partial charge on any atom is -0.459 e. The third-order valence-corrected chi connectivity index (χ3v) is 5.33. The summed E-state index contributed by atoms with van der Waals surface area (Å²) < 4.78 is 31.4. The fourth-order valence-electron chi connectivity index (χ4n) is 3.73. The predicted molar refractivity (Wildman–Crippen MR) is 81.1 cm³/mol. The van der Waals surface area contributed by atoms with Crippen LogP contribution in [0.1, 0.15) is 45.4 Å². The first-order chi connectivity index (χ1) is 9.78. The summed E-state index contributed by atoms with van der Waals surface area (Å²) in [4.78, 5) is 11.8. The van der Waals surface area contributed by atoms with E-state index in [0.717, 1.165) is 32.1 Å². The van der Waals surface area contributed by atoms with Crippen molar-refractivity contribution in [1.29, 1.82) is 0 Å². The van der Waals surface area contributed by atoms with Crippen molar-refractivity contribution < 1.29 is 17.9 Å². The lowest BCUT2D eigenvalue weighted by molar-refractivity contribution is -0.152. The van der Waals surface area contributed by atoms with Gasteiger partial charge in [-0.3, -0.25) is 0 Å². The van der Waals surface area contributed by atoms with Crippen LogP contribution < -0.4 is 4.72 Å². The van der Waals surface area contributed by atoms with Crippen LogP contribution in [0.4, 0.5) is 0 Å². The molecule has 0 radical (unpaired) electrons. The second-order valence-electron chi connectivity index (χ2n) is 6.41. The van der Waals surface area contributed by atoms with Gasteiger partial charge in [-0.1, -0.05) is 19.4 Å². The van der Waals surface area contributed by atoms with Crippen LogP contribution in [-0.2, 0) is 19.6 Å². The summed E-state index contributed by atoms with van der Waals surface area (Å²) in [6, 6.07) is -0.0231. The van der Waals surface area contributed by atoms with E-state index in [-0.39, 0.29) is 30.0 Å². The van der Waals surface area contributed by atoms with Crippen LogP contribution in [0.5, 0.6) is 0 Å². The van der Waals surface area contributed by atoms with Crippen molar-refractivity contribution in [1.82, 2.24) is 4.72 Å². The zero-order chi connectivity index (χ0) is 15.6. The van der Waals surface area contributed by atoms with Crippen LogP contribution in [0.3, 0.4) is 0 Å². The van der Waals surface area contributed by atoms with Crippen molar-refractivity contribution in [2.45, 2.75) is 57.6 Å². The van der Waals surface area contributed by atoms with Gasteiger partial charge in [-0.25, -0.2) is 17.9 Å². The number of nitrogens with one attached hydrogen (secondary N) is 1. The van der Waals surface area contributed by atoms with E-state index in [0.29, 0.717) is 12.0 Å². The van der Waals surface area contributed by atoms with Gasteiger partial charge in [-0.15, -0.1) is 0 Å². The normalized spacial score (nSPS) is 33.0. The maximum absolute atomic E-state index is 11.8. The summed E-state index contributed by atoms with van der Waals surface area (Å²) in [5.74, 6) is 0.194. The Kier molecular flexibility index (Phi) is 5.09. The Hall–Kier alpha value is -0.880. The minimum absolute atomic E-state index is 0.0231. The maximum Gasteiger partial charge on any atom is 0.333 e. The average Bonchev–Trinajstić information content (AvgIpc) is 2.40. The fourth-order valence-corrected chi connectivity index (χ4v) is 4.57. The number of carbonyl (C=O) groups is 1. The number of carbonyl (C=O) groups excluding carboxylic acids is 1. The third-order valence-electron chi connectivity index (χ3n) is 4.60. The Balaban J connectivity index is 2.09. The summed E-state index contributed by atoms with van der Waals surface area (Å²) in [7, 11) is -3.20. The second kappa shape index (κ2) is 6.48. The quantitative estimate of drug-likeness (QED) is 0.636. The number of esters is 1. The molecule has 0 aromatic rings. The third kappa shape index (κ3) is 4.30. The molecule has 0 spiro atoms. The van der Waals surface area contributed by atoms with Crippen molar-refractivity contribution in [2.75, 3.05) is 6.26 Å². The van der Waals surface area contributed by atoms with E-state index < -0.39 is 10.0 Å². The second-order valence-corrected chi connectivity index (χ2v) is 8.19. The molecule has 120 valence electrons. The Morgan fingerprint density at radius 2 is 1.76 bits per heavy atom. The Bertz CT molecular complexity index is 514. The highest BCUT2D eigenvalue weighted by molar-refractivity contribution is 7.88. The largest absolute Gasteiger partial charge is 0.459 e. The zero-order valence-electron chi connectivity index (χ0n) is 12.8. The molecule has 0 aromatic heterocycles. The lowest BCUT2D eigenvalue weighted by Crippen LogP contribution is -2.51. The first-order valence-electron chi connectivity index (χ1n) is 7.61. The molecule has 0 bridgehead atoms. The molecule has 4 atom stereocenters. The van der Waals surface area contributed by atoms with Crippen LogP contribution >= 0.6 is 0 Å². The molecule has 2 aliphatic rings. The first-order valence-corrected chi connectivity index (χ1v) is 9.51. The number of hydrogen-bond acceptors (Lipinski definition) is 4. The van der Waals surface area contributed by atoms with E-state index in [4.69, 9.17) is 4.74 Å². The Morgan fingerprint density at radius 3 is 2.33 bits per heavy atom. The van der Waals surface area contributed by atoms with Crippen molar-refractivity contribution in [3.05, 3.63) is 12.2 Å². The number of fused-ring (bicyclic) bond motifs is 1. The summed E-state index contributed by atoms with van der Waals surface area (Å²) in [6.45, 7) is 5.27. The zero-order valence-corrected chi connectivity index (χ0v) is 13.6. The predicted octanol–water partition coefficient (Wildman–Crippen LogP) is 1.99. The van der Waals surface area contributed by atoms with E-state index in [1.807, 2.05) is 0 Å². The van der Waals surface area contributed by atoms with Gasteiger partial charge in [-0.2, -0.15) is 0 Å². The van der Waals surface area contributed by atoms with Crippen LogP contribution in [0.15, 0.2) is 12.2 Å². The molecule has 1 N–H and O–H groups in total. The molecule has 0 heterocycles. The molecule has 2 rings (SSSR count). The Labute approximate surface area is 127 Å². The van der Waals surface area contributed by atoms with Gasteiger partial charge in [0.1, 0.15) is 6.10 Å². The van der Waals surface area contributed by atoms with Gasteiger partial charge < -0.3 is 4.74 Å². The number of ether oxygens (including phenoxy) is 1. The topological polar surface area (TPSA) is 72.5 Å². The summed E-state index contributed by atoms with van der Waals surface area (Å²) >= 11 is 0. The standard InChI is InChI=1S/C15H25NO4S/c1-10(2)15(17)20-14-9-8-13(16-21(3,18)19)11-6-4-5-7-12(11)14/h11-14,16H,1,4-9H2,2-3H3. The van der Waals surface area contributed by atoms with Gasteiger partial charge in [0, 0.05) is 17.5 Å². The smallest absolute Gasteiger partial charge is 0.333 e. The van der Waals surface area contributed by atoms with Crippen LogP contribution in [-0.4, -0.2) is 32.8 Å². The molecule has 2 saturated carbocycles. The van der Waals surface area contributed by atoms with Crippen molar-refractivity contribution in [3.8, 4) is 0 Å². The van der Waals surface area contributed by atoms with Gasteiger partial charge in [0.2, 0.25) is 10.0 Å². The molecule has 21 heavy (non-hydrogen) atoms. The summed E-state index contributed by atoms with van der Waals surface area (Å²) in [6.07, 6.45) is 6.78. The van der Waals surface area contributed by atoms with Crippen molar-refractivity contribution in [3.63, 3.8) is 0 Å². The molecule has 2 aliphatic carbocycles. The first kappa shape index (κ1) is 16.5. The molecule has 5 nitrogen and oxygen atoms in total. The van der Waals surface area contributed by atoms with Gasteiger partial charge in [0.25, 0.3) is 0 Å². The van der Waals surface area contributed by atoms with Crippen LogP contribution in [0, 0.1) is 11.8 Å². The molecule has 0 aromatic carbocycles. The maximum atomic E-state index is 11.8. The van der Waals surface area contributed by atoms with Gasteiger partial charge in [-0.05, 0) is 38.5 Å². The highest BCUT2D eigenvalue weighted by Gasteiger charge is 2.43. The number of rotatable bonds is 4. The average molecular weight is 315 g/mol. The van der Waals surface area contributed by atoms with Crippen LogP contribution in [0.25, 0.3) is 0 Å². The Morgan fingerprint density at radius 1 is 1.14 bits per heavy atom. The minimum atomic E-state index is -3.20. The lowest BCUT2D eigenvalue weighted by Gasteiger charge is -2.45. The highest BCUT2D eigenvalue weighted by Crippen LogP contribution is 2.42. The lowest BCUT2D eigenvalue weighted by atomic mass is 9.67. The number of sulfonamides is 1. The summed E-state index contributed by atoms with van der Waals surface area (Å²) in [5.41, 5.74) is 0.416. The number of hydrogen-bond donors (Lipinski definition) is 1. The molecular weight excluding hydrogens is 290 g/mol. The fraction of sp³-hybridized carbons (Fsp3) is 0.800. The molecule has 2 fully saturated rings. The molecular formula is C15H25NO4S. The van der Waals surface area contributed by atoms with E-state index in [2.05, 4.69) is 11.3 Å². The molecule has 0 aliphatic heterocycles. The van der Waals surface area contributed by atoms with E-state index in [9.17, 15) is 13.2 Å². The highest BCUT2D eigenvalue weighted by atomic mass is 32.2. The van der Waals surface area contributed by atoms with Gasteiger partial charge in [0.15, 0.2) is 0 Å². The molecule has 6 heteroatoms. The van der Waals surface area contributed by atoms with E-state index in [1.165, 1.54) is 6.26 Å². The molecule has 0 amide bonds. The van der Waals surface area contributed by atoms with E-state index >= 15 is 0 Å². The van der Waals surface area contributed by atoms with Crippen molar-refractivity contribution in [2.24, 2.45) is 11.8 Å².